The number of rotatable bonds is 6. The molecule has 9 heteroatoms. The summed E-state index contributed by atoms with van der Waals surface area (Å²) in [6.45, 7) is 1.80. The van der Waals surface area contributed by atoms with Gasteiger partial charge in [0.2, 0.25) is 0 Å². The molecule has 0 aliphatic heterocycles. The molecule has 0 atom stereocenters. The summed E-state index contributed by atoms with van der Waals surface area (Å²) in [5.41, 5.74) is 5.94. The molecule has 136 valence electrons. The molecule has 2 aromatic rings. The molecule has 2 amide bonds. The number of carbonyl (C=O) groups excluding carboxylic acids is 2. The topological polar surface area (TPSA) is 123 Å². The number of methoxy groups -OCH3 is 1. The van der Waals surface area contributed by atoms with Gasteiger partial charge >= 0.3 is 0 Å². The van der Waals surface area contributed by atoms with Gasteiger partial charge in [0.1, 0.15) is 5.75 Å². The number of nitro groups is 1. The van der Waals surface area contributed by atoms with Gasteiger partial charge < -0.3 is 10.1 Å². The quantitative estimate of drug-likeness (QED) is 0.534. The number of non-ortho nitro benzene ring substituents is 1. The Morgan fingerprint density at radius 1 is 1.15 bits per heavy atom. The maximum atomic E-state index is 12.0. The standard InChI is InChI=1S/C17H18N4O5/c1-11-6-7-15(26-2)14(8-11)18-10-16(22)19-20-17(23)12-4-3-5-13(9-12)21(24)25/h3-9,18H,10H2,1-2H3,(H,19,22)(H,20,23). The highest BCUT2D eigenvalue weighted by Crippen LogP contribution is 2.24. The first kappa shape index (κ1) is 18.7. The molecular formula is C17H18N4O5. The van der Waals surface area contributed by atoms with E-state index in [1.807, 2.05) is 19.1 Å². The van der Waals surface area contributed by atoms with Crippen molar-refractivity contribution in [3.05, 3.63) is 63.7 Å². The number of aryl methyl sites for hydroxylation is 1. The predicted molar refractivity (Wildman–Crippen MR) is 94.9 cm³/mol. The molecule has 0 aromatic heterocycles. The summed E-state index contributed by atoms with van der Waals surface area (Å²) in [5.74, 6) is -0.563. The largest absolute Gasteiger partial charge is 0.495 e. The van der Waals surface area contributed by atoms with Crippen molar-refractivity contribution >= 4 is 23.2 Å². The van der Waals surface area contributed by atoms with E-state index in [1.54, 1.807) is 6.07 Å². The second-order valence-electron chi connectivity index (χ2n) is 5.37. The number of hydrogen-bond acceptors (Lipinski definition) is 6. The lowest BCUT2D eigenvalue weighted by molar-refractivity contribution is -0.384. The van der Waals surface area contributed by atoms with Crippen molar-refractivity contribution in [2.24, 2.45) is 0 Å². The van der Waals surface area contributed by atoms with Crippen LogP contribution in [0.1, 0.15) is 15.9 Å². The molecule has 9 nitrogen and oxygen atoms in total. The van der Waals surface area contributed by atoms with Crippen LogP contribution in [0.2, 0.25) is 0 Å². The van der Waals surface area contributed by atoms with Crippen molar-refractivity contribution in [2.75, 3.05) is 19.0 Å². The van der Waals surface area contributed by atoms with Crippen LogP contribution in [0, 0.1) is 17.0 Å². The number of nitrogens with one attached hydrogen (secondary N) is 3. The fraction of sp³-hybridized carbons (Fsp3) is 0.176. The summed E-state index contributed by atoms with van der Waals surface area (Å²) in [6, 6.07) is 10.7. The fourth-order valence-corrected chi connectivity index (χ4v) is 2.14. The van der Waals surface area contributed by atoms with E-state index < -0.39 is 16.7 Å². The number of amides is 2. The van der Waals surface area contributed by atoms with Crippen LogP contribution in [0.15, 0.2) is 42.5 Å². The Morgan fingerprint density at radius 2 is 1.92 bits per heavy atom. The number of benzene rings is 2. The Morgan fingerprint density at radius 3 is 2.62 bits per heavy atom. The third-order valence-corrected chi connectivity index (χ3v) is 3.43. The van der Waals surface area contributed by atoms with Crippen molar-refractivity contribution in [2.45, 2.75) is 6.92 Å². The Kier molecular flexibility index (Phi) is 6.10. The van der Waals surface area contributed by atoms with E-state index in [-0.39, 0.29) is 17.8 Å². The van der Waals surface area contributed by atoms with E-state index in [2.05, 4.69) is 16.2 Å². The van der Waals surface area contributed by atoms with Gasteiger partial charge in [-0.15, -0.1) is 0 Å². The molecule has 0 saturated carbocycles. The fourth-order valence-electron chi connectivity index (χ4n) is 2.14. The van der Waals surface area contributed by atoms with E-state index in [9.17, 15) is 19.7 Å². The van der Waals surface area contributed by atoms with E-state index in [0.717, 1.165) is 11.6 Å². The highest BCUT2D eigenvalue weighted by atomic mass is 16.6. The SMILES string of the molecule is COc1ccc(C)cc1NCC(=O)NNC(=O)c1cccc([N+](=O)[O-])c1. The minimum Gasteiger partial charge on any atom is -0.495 e. The van der Waals surface area contributed by atoms with Crippen molar-refractivity contribution in [1.29, 1.82) is 0 Å². The first-order chi connectivity index (χ1) is 12.4. The molecule has 0 saturated heterocycles. The van der Waals surface area contributed by atoms with Gasteiger partial charge in [-0.3, -0.25) is 30.6 Å². The third-order valence-electron chi connectivity index (χ3n) is 3.43. The van der Waals surface area contributed by atoms with Gasteiger partial charge in [0, 0.05) is 17.7 Å². The zero-order valence-corrected chi connectivity index (χ0v) is 14.2. The first-order valence-corrected chi connectivity index (χ1v) is 7.63. The van der Waals surface area contributed by atoms with Crippen LogP contribution in [0.4, 0.5) is 11.4 Å². The maximum absolute atomic E-state index is 12.0. The van der Waals surface area contributed by atoms with Crippen molar-refractivity contribution in [3.63, 3.8) is 0 Å². The molecule has 2 aromatic carbocycles. The van der Waals surface area contributed by atoms with Crippen molar-refractivity contribution in [3.8, 4) is 5.75 Å². The van der Waals surface area contributed by atoms with Crippen LogP contribution < -0.4 is 20.9 Å². The molecule has 0 spiro atoms. The van der Waals surface area contributed by atoms with Crippen molar-refractivity contribution < 1.29 is 19.2 Å². The molecule has 0 bridgehead atoms. The van der Waals surface area contributed by atoms with Gasteiger partial charge in [-0.25, -0.2) is 0 Å². The van der Waals surface area contributed by atoms with E-state index in [1.165, 1.54) is 25.3 Å². The molecule has 0 fully saturated rings. The molecule has 0 heterocycles. The minimum absolute atomic E-state index is 0.0628. The average Bonchev–Trinajstić information content (AvgIpc) is 2.64. The summed E-state index contributed by atoms with van der Waals surface area (Å²) >= 11 is 0. The van der Waals surface area contributed by atoms with Crippen LogP contribution in [0.5, 0.6) is 5.75 Å². The lowest BCUT2D eigenvalue weighted by Crippen LogP contribution is -2.44. The zero-order valence-electron chi connectivity index (χ0n) is 14.2. The maximum Gasteiger partial charge on any atom is 0.270 e. The molecule has 0 aliphatic carbocycles. The van der Waals surface area contributed by atoms with Gasteiger partial charge in [-0.1, -0.05) is 12.1 Å². The highest BCUT2D eigenvalue weighted by molar-refractivity contribution is 5.96. The monoisotopic (exact) mass is 358 g/mol. The number of hydrazine groups is 1. The second-order valence-corrected chi connectivity index (χ2v) is 5.37. The van der Waals surface area contributed by atoms with Gasteiger partial charge in [0.15, 0.2) is 0 Å². The van der Waals surface area contributed by atoms with Crippen LogP contribution in [-0.2, 0) is 4.79 Å². The van der Waals surface area contributed by atoms with Gasteiger partial charge in [0.05, 0.1) is 24.3 Å². The lowest BCUT2D eigenvalue weighted by Gasteiger charge is -2.12. The van der Waals surface area contributed by atoms with Crippen molar-refractivity contribution in [1.82, 2.24) is 10.9 Å². The van der Waals surface area contributed by atoms with Crippen LogP contribution in [0.3, 0.4) is 0 Å². The minimum atomic E-state index is -0.657. The summed E-state index contributed by atoms with van der Waals surface area (Å²) in [4.78, 5) is 33.9. The summed E-state index contributed by atoms with van der Waals surface area (Å²) in [5, 5.41) is 13.6. The van der Waals surface area contributed by atoms with Gasteiger partial charge in [0.25, 0.3) is 17.5 Å². The number of hydrogen-bond donors (Lipinski definition) is 3. The zero-order chi connectivity index (χ0) is 19.1. The number of ether oxygens (including phenoxy) is 1. The smallest absolute Gasteiger partial charge is 0.270 e. The Bertz CT molecular complexity index is 838. The molecule has 26 heavy (non-hydrogen) atoms. The first-order valence-electron chi connectivity index (χ1n) is 7.63. The van der Waals surface area contributed by atoms with E-state index in [4.69, 9.17) is 4.74 Å². The summed E-state index contributed by atoms with van der Waals surface area (Å²) in [6.07, 6.45) is 0. The Balaban J connectivity index is 1.89. The molecular weight excluding hydrogens is 340 g/mol. The lowest BCUT2D eigenvalue weighted by atomic mass is 10.2. The van der Waals surface area contributed by atoms with Crippen LogP contribution in [0.25, 0.3) is 0 Å². The number of nitrogens with zero attached hydrogens (tertiary/aromatic N) is 1. The molecule has 0 aliphatic rings. The summed E-state index contributed by atoms with van der Waals surface area (Å²) < 4.78 is 5.20. The number of carbonyl (C=O) groups is 2. The molecule has 2 rings (SSSR count). The summed E-state index contributed by atoms with van der Waals surface area (Å²) in [7, 11) is 1.52. The Hall–Kier alpha value is -3.62. The van der Waals surface area contributed by atoms with Gasteiger partial charge in [-0.05, 0) is 30.7 Å². The number of nitro benzene ring substituents is 1. The van der Waals surface area contributed by atoms with Gasteiger partial charge in [-0.2, -0.15) is 0 Å². The van der Waals surface area contributed by atoms with E-state index in [0.29, 0.717) is 11.4 Å². The predicted octanol–water partition coefficient (Wildman–Crippen LogP) is 1.78. The third kappa shape index (κ3) is 4.94. The van der Waals surface area contributed by atoms with Crippen LogP contribution in [-0.4, -0.2) is 30.4 Å². The normalized spacial score (nSPS) is 9.92. The molecule has 0 radical (unpaired) electrons. The van der Waals surface area contributed by atoms with Crippen LogP contribution >= 0.6 is 0 Å². The van der Waals surface area contributed by atoms with E-state index >= 15 is 0 Å². The Labute approximate surface area is 149 Å². The second kappa shape index (κ2) is 8.47. The molecule has 3 N–H and O–H groups in total. The number of anilines is 1. The average molecular weight is 358 g/mol. The highest BCUT2D eigenvalue weighted by Gasteiger charge is 2.12. The molecule has 0 unspecified atom stereocenters.